The van der Waals surface area contributed by atoms with Gasteiger partial charge in [0.2, 0.25) is 0 Å². The summed E-state index contributed by atoms with van der Waals surface area (Å²) in [5.74, 6) is -0.339. The van der Waals surface area contributed by atoms with Crippen LogP contribution in [0.3, 0.4) is 0 Å². The number of hydrogen-bond donors (Lipinski definition) is 0. The van der Waals surface area contributed by atoms with Gasteiger partial charge in [0.1, 0.15) is 5.82 Å². The van der Waals surface area contributed by atoms with Crippen molar-refractivity contribution in [2.45, 2.75) is 39.3 Å². The summed E-state index contributed by atoms with van der Waals surface area (Å²) in [6.45, 7) is 6.09. The molecule has 0 spiro atoms. The van der Waals surface area contributed by atoms with Gasteiger partial charge in [-0.15, -0.1) is 0 Å². The van der Waals surface area contributed by atoms with Crippen LogP contribution in [0.5, 0.6) is 0 Å². The van der Waals surface area contributed by atoms with E-state index >= 15 is 0 Å². The van der Waals surface area contributed by atoms with E-state index in [4.69, 9.17) is 0 Å². The second-order valence-electron chi connectivity index (χ2n) is 5.77. The van der Waals surface area contributed by atoms with Crippen molar-refractivity contribution in [1.82, 2.24) is 4.90 Å². The lowest BCUT2D eigenvalue weighted by atomic mass is 10.1. The Labute approximate surface area is 119 Å². The maximum atomic E-state index is 13.9. The number of ether oxygens (including phenoxy) is 1. The van der Waals surface area contributed by atoms with Gasteiger partial charge in [-0.2, -0.15) is 0 Å². The number of benzene rings is 1. The van der Waals surface area contributed by atoms with Crippen molar-refractivity contribution < 1.29 is 13.9 Å². The summed E-state index contributed by atoms with van der Waals surface area (Å²) in [6, 6.07) is 5.18. The Balaban J connectivity index is 2.07. The zero-order valence-corrected chi connectivity index (χ0v) is 12.4. The molecule has 20 heavy (non-hydrogen) atoms. The number of halogens is 1. The van der Waals surface area contributed by atoms with Crippen molar-refractivity contribution in [3.63, 3.8) is 0 Å². The van der Waals surface area contributed by atoms with Gasteiger partial charge in [-0.1, -0.05) is 6.07 Å². The third kappa shape index (κ3) is 3.79. The summed E-state index contributed by atoms with van der Waals surface area (Å²) in [4.78, 5) is 13.7. The van der Waals surface area contributed by atoms with E-state index in [1.54, 1.807) is 6.07 Å². The first kappa shape index (κ1) is 15.0. The van der Waals surface area contributed by atoms with E-state index in [1.165, 1.54) is 32.1 Å². The molecular weight excluding hydrogens is 257 g/mol. The summed E-state index contributed by atoms with van der Waals surface area (Å²) >= 11 is 0. The highest BCUT2D eigenvalue weighted by molar-refractivity contribution is 5.89. The van der Waals surface area contributed by atoms with Crippen LogP contribution in [-0.4, -0.2) is 30.6 Å². The molecule has 3 nitrogen and oxygen atoms in total. The quantitative estimate of drug-likeness (QED) is 0.749. The van der Waals surface area contributed by atoms with Crippen molar-refractivity contribution >= 4 is 5.97 Å². The molecule has 0 atom stereocenters. The molecule has 1 saturated carbocycles. The third-order valence-electron chi connectivity index (χ3n) is 3.74. The van der Waals surface area contributed by atoms with Gasteiger partial charge in [0.25, 0.3) is 0 Å². The average molecular weight is 279 g/mol. The first-order valence-electron chi connectivity index (χ1n) is 7.12. The van der Waals surface area contributed by atoms with E-state index < -0.39 is 11.8 Å². The highest BCUT2D eigenvalue weighted by Crippen LogP contribution is 2.30. The molecule has 0 aliphatic heterocycles. The molecule has 1 aromatic carbocycles. The fraction of sp³-hybridized carbons (Fsp3) is 0.562. The van der Waals surface area contributed by atoms with Gasteiger partial charge in [0.05, 0.1) is 12.7 Å². The molecule has 0 unspecified atom stereocenters. The molecule has 0 heterocycles. The van der Waals surface area contributed by atoms with Crippen molar-refractivity contribution in [2.75, 3.05) is 13.7 Å². The van der Waals surface area contributed by atoms with Crippen LogP contribution in [0.15, 0.2) is 18.2 Å². The van der Waals surface area contributed by atoms with Crippen LogP contribution in [0.4, 0.5) is 4.39 Å². The van der Waals surface area contributed by atoms with Crippen LogP contribution in [0.25, 0.3) is 0 Å². The van der Waals surface area contributed by atoms with Crippen molar-refractivity contribution in [3.8, 4) is 0 Å². The SMILES string of the molecule is COC(=O)c1ccc(CN(CC2CC2)C(C)C)cc1F. The maximum absolute atomic E-state index is 13.9. The second kappa shape index (κ2) is 6.35. The number of nitrogens with zero attached hydrogens (tertiary/aromatic N) is 1. The predicted molar refractivity (Wildman–Crippen MR) is 76.0 cm³/mol. The molecule has 0 aromatic heterocycles. The maximum Gasteiger partial charge on any atom is 0.340 e. The summed E-state index contributed by atoms with van der Waals surface area (Å²) in [5.41, 5.74) is 0.888. The minimum atomic E-state index is -0.632. The van der Waals surface area contributed by atoms with Crippen molar-refractivity contribution in [1.29, 1.82) is 0 Å². The summed E-state index contributed by atoms with van der Waals surface area (Å²) < 4.78 is 18.4. The molecule has 4 heteroatoms. The highest BCUT2D eigenvalue weighted by atomic mass is 19.1. The number of hydrogen-bond acceptors (Lipinski definition) is 3. The number of carbonyl (C=O) groups excluding carboxylic acids is 1. The second-order valence-corrected chi connectivity index (χ2v) is 5.77. The molecule has 0 amide bonds. The lowest BCUT2D eigenvalue weighted by Crippen LogP contribution is -2.32. The smallest absolute Gasteiger partial charge is 0.340 e. The molecule has 2 rings (SSSR count). The van der Waals surface area contributed by atoms with Gasteiger partial charge in [0, 0.05) is 19.1 Å². The van der Waals surface area contributed by atoms with E-state index in [0.29, 0.717) is 12.6 Å². The van der Waals surface area contributed by atoms with Crippen LogP contribution >= 0.6 is 0 Å². The van der Waals surface area contributed by atoms with E-state index in [2.05, 4.69) is 23.5 Å². The molecule has 110 valence electrons. The fourth-order valence-electron chi connectivity index (χ4n) is 2.26. The van der Waals surface area contributed by atoms with Gasteiger partial charge < -0.3 is 4.74 Å². The lowest BCUT2D eigenvalue weighted by Gasteiger charge is -2.26. The van der Waals surface area contributed by atoms with Crippen molar-refractivity contribution in [2.24, 2.45) is 5.92 Å². The lowest BCUT2D eigenvalue weighted by molar-refractivity contribution is 0.0595. The summed E-state index contributed by atoms with van der Waals surface area (Å²) in [7, 11) is 1.26. The number of methoxy groups -OCH3 is 1. The number of rotatable bonds is 6. The van der Waals surface area contributed by atoms with Crippen LogP contribution in [-0.2, 0) is 11.3 Å². The zero-order valence-electron chi connectivity index (χ0n) is 12.4. The Kier molecular flexibility index (Phi) is 4.76. The largest absolute Gasteiger partial charge is 0.465 e. The van der Waals surface area contributed by atoms with Crippen LogP contribution in [0, 0.1) is 11.7 Å². The van der Waals surface area contributed by atoms with Gasteiger partial charge in [0.15, 0.2) is 0 Å². The Morgan fingerprint density at radius 3 is 2.65 bits per heavy atom. The molecule has 0 saturated heterocycles. The molecule has 0 N–H and O–H groups in total. The van der Waals surface area contributed by atoms with Crippen LogP contribution < -0.4 is 0 Å². The van der Waals surface area contributed by atoms with E-state index in [0.717, 1.165) is 18.0 Å². The zero-order chi connectivity index (χ0) is 14.7. The summed E-state index contributed by atoms with van der Waals surface area (Å²) in [6.07, 6.45) is 2.61. The Morgan fingerprint density at radius 1 is 1.45 bits per heavy atom. The summed E-state index contributed by atoms with van der Waals surface area (Å²) in [5, 5.41) is 0. The van der Waals surface area contributed by atoms with Gasteiger partial charge in [-0.25, -0.2) is 9.18 Å². The first-order chi connectivity index (χ1) is 9.51. The van der Waals surface area contributed by atoms with E-state index in [1.807, 2.05) is 0 Å². The Morgan fingerprint density at radius 2 is 2.15 bits per heavy atom. The Hall–Kier alpha value is -1.42. The monoisotopic (exact) mass is 279 g/mol. The fourth-order valence-corrected chi connectivity index (χ4v) is 2.26. The molecule has 0 bridgehead atoms. The predicted octanol–water partition coefficient (Wildman–Crippen LogP) is 3.23. The number of esters is 1. The third-order valence-corrected chi connectivity index (χ3v) is 3.74. The van der Waals surface area contributed by atoms with Crippen LogP contribution in [0.2, 0.25) is 0 Å². The van der Waals surface area contributed by atoms with Gasteiger partial charge in [-0.05, 0) is 50.3 Å². The molecule has 1 aliphatic carbocycles. The first-order valence-corrected chi connectivity index (χ1v) is 7.12. The molecular formula is C16H22FNO2. The van der Waals surface area contributed by atoms with Crippen LogP contribution in [0.1, 0.15) is 42.6 Å². The normalized spacial score (nSPS) is 14.9. The van der Waals surface area contributed by atoms with E-state index in [-0.39, 0.29) is 5.56 Å². The molecule has 1 aliphatic rings. The van der Waals surface area contributed by atoms with Gasteiger partial charge >= 0.3 is 5.97 Å². The van der Waals surface area contributed by atoms with E-state index in [9.17, 15) is 9.18 Å². The minimum absolute atomic E-state index is 0.00506. The molecule has 1 fully saturated rings. The Bertz CT molecular complexity index is 483. The highest BCUT2D eigenvalue weighted by Gasteiger charge is 2.25. The van der Waals surface area contributed by atoms with Gasteiger partial charge in [-0.3, -0.25) is 4.90 Å². The molecule has 1 aromatic rings. The topological polar surface area (TPSA) is 29.5 Å². The molecule has 0 radical (unpaired) electrons. The number of carbonyl (C=O) groups is 1. The van der Waals surface area contributed by atoms with Crippen molar-refractivity contribution in [3.05, 3.63) is 35.1 Å². The minimum Gasteiger partial charge on any atom is -0.465 e. The standard InChI is InChI=1S/C16H22FNO2/c1-11(2)18(9-12-4-5-12)10-13-6-7-14(15(17)8-13)16(19)20-3/h6-8,11-12H,4-5,9-10H2,1-3H3. The average Bonchev–Trinajstić information content (AvgIpc) is 3.21.